The number of nitrogens with zero attached hydrogens (tertiary/aromatic N) is 2. The molecule has 0 unspecified atom stereocenters. The molecule has 0 aliphatic heterocycles. The lowest BCUT2D eigenvalue weighted by Crippen LogP contribution is -1.95. The van der Waals surface area contributed by atoms with E-state index < -0.39 is 0 Å². The number of benzene rings is 1. The molecule has 1 aliphatic carbocycles. The highest BCUT2D eigenvalue weighted by Gasteiger charge is 2.25. The van der Waals surface area contributed by atoms with E-state index in [9.17, 15) is 0 Å². The van der Waals surface area contributed by atoms with Crippen LogP contribution in [0.2, 0.25) is 0 Å². The molecule has 0 N–H and O–H groups in total. The minimum Gasteiger partial charge on any atom is -0.497 e. The van der Waals surface area contributed by atoms with Crippen LogP contribution in [0.15, 0.2) is 36.5 Å². The highest BCUT2D eigenvalue weighted by atomic mass is 16.5. The van der Waals surface area contributed by atoms with Gasteiger partial charge in [-0.1, -0.05) is 0 Å². The first-order valence-corrected chi connectivity index (χ1v) is 5.57. The maximum atomic E-state index is 5.13. The fourth-order valence-corrected chi connectivity index (χ4v) is 1.81. The SMILES string of the molecule is COc1ccc(-n2ccc(C3CC3)n2)cc1. The number of rotatable bonds is 3. The van der Waals surface area contributed by atoms with Crippen molar-refractivity contribution in [3.05, 3.63) is 42.2 Å². The molecule has 1 saturated carbocycles. The van der Waals surface area contributed by atoms with E-state index in [1.165, 1.54) is 18.5 Å². The Morgan fingerprint density at radius 2 is 1.94 bits per heavy atom. The largest absolute Gasteiger partial charge is 0.497 e. The van der Waals surface area contributed by atoms with Crippen LogP contribution in [-0.2, 0) is 0 Å². The molecule has 1 aliphatic rings. The smallest absolute Gasteiger partial charge is 0.119 e. The lowest BCUT2D eigenvalue weighted by molar-refractivity contribution is 0.414. The summed E-state index contributed by atoms with van der Waals surface area (Å²) in [5, 5.41) is 4.57. The molecule has 0 amide bonds. The van der Waals surface area contributed by atoms with Crippen molar-refractivity contribution in [3.8, 4) is 11.4 Å². The van der Waals surface area contributed by atoms with Gasteiger partial charge in [-0.25, -0.2) is 4.68 Å². The van der Waals surface area contributed by atoms with E-state index in [4.69, 9.17) is 4.74 Å². The normalized spacial score (nSPS) is 15.1. The Morgan fingerprint density at radius 1 is 1.19 bits per heavy atom. The Bertz CT molecular complexity index is 483. The summed E-state index contributed by atoms with van der Waals surface area (Å²) in [6.07, 6.45) is 4.61. The Hall–Kier alpha value is -1.77. The molecule has 16 heavy (non-hydrogen) atoms. The van der Waals surface area contributed by atoms with Crippen LogP contribution in [0.3, 0.4) is 0 Å². The van der Waals surface area contributed by atoms with E-state index in [0.29, 0.717) is 5.92 Å². The summed E-state index contributed by atoms with van der Waals surface area (Å²) < 4.78 is 7.05. The minimum absolute atomic E-state index is 0.708. The van der Waals surface area contributed by atoms with Crippen LogP contribution in [0.4, 0.5) is 0 Å². The van der Waals surface area contributed by atoms with Crippen molar-refractivity contribution in [2.24, 2.45) is 0 Å². The predicted molar refractivity (Wildman–Crippen MR) is 62.1 cm³/mol. The van der Waals surface area contributed by atoms with Crippen molar-refractivity contribution in [1.29, 1.82) is 0 Å². The van der Waals surface area contributed by atoms with Crippen LogP contribution in [0.25, 0.3) is 5.69 Å². The summed E-state index contributed by atoms with van der Waals surface area (Å²) in [5.74, 6) is 1.58. The Labute approximate surface area is 94.7 Å². The van der Waals surface area contributed by atoms with Gasteiger partial charge in [-0.3, -0.25) is 0 Å². The number of methoxy groups -OCH3 is 1. The molecule has 0 atom stereocenters. The molecule has 0 saturated heterocycles. The van der Waals surface area contributed by atoms with E-state index >= 15 is 0 Å². The van der Waals surface area contributed by atoms with Gasteiger partial charge in [0.15, 0.2) is 0 Å². The molecule has 82 valence electrons. The molecule has 1 fully saturated rings. The van der Waals surface area contributed by atoms with Gasteiger partial charge in [-0.15, -0.1) is 0 Å². The average Bonchev–Trinajstić information content (AvgIpc) is 3.08. The van der Waals surface area contributed by atoms with E-state index in [-0.39, 0.29) is 0 Å². The molecule has 3 nitrogen and oxygen atoms in total. The lowest BCUT2D eigenvalue weighted by Gasteiger charge is -2.03. The summed E-state index contributed by atoms with van der Waals surface area (Å²) in [7, 11) is 1.67. The third kappa shape index (κ3) is 1.69. The Morgan fingerprint density at radius 3 is 2.56 bits per heavy atom. The van der Waals surface area contributed by atoms with Gasteiger partial charge in [0.05, 0.1) is 18.5 Å². The zero-order valence-corrected chi connectivity index (χ0v) is 9.26. The lowest BCUT2D eigenvalue weighted by atomic mass is 10.3. The van der Waals surface area contributed by atoms with Gasteiger partial charge < -0.3 is 4.74 Å². The van der Waals surface area contributed by atoms with Crippen LogP contribution in [0.5, 0.6) is 5.75 Å². The van der Waals surface area contributed by atoms with E-state index in [1.807, 2.05) is 35.1 Å². The van der Waals surface area contributed by atoms with Crippen LogP contribution in [0, 0.1) is 0 Å². The molecule has 3 heteroatoms. The Kier molecular flexibility index (Phi) is 2.17. The van der Waals surface area contributed by atoms with Gasteiger partial charge in [0.2, 0.25) is 0 Å². The third-order valence-corrected chi connectivity index (χ3v) is 2.94. The van der Waals surface area contributed by atoms with E-state index in [0.717, 1.165) is 11.4 Å². The second kappa shape index (κ2) is 3.67. The van der Waals surface area contributed by atoms with Crippen molar-refractivity contribution in [3.63, 3.8) is 0 Å². The molecular formula is C13H14N2O. The quantitative estimate of drug-likeness (QED) is 0.785. The topological polar surface area (TPSA) is 27.1 Å². The number of ether oxygens (including phenoxy) is 1. The average molecular weight is 214 g/mol. The molecule has 1 aromatic heterocycles. The second-order valence-corrected chi connectivity index (χ2v) is 4.16. The zero-order valence-electron chi connectivity index (χ0n) is 9.26. The van der Waals surface area contributed by atoms with Gasteiger partial charge in [0.1, 0.15) is 5.75 Å². The van der Waals surface area contributed by atoms with E-state index in [1.54, 1.807) is 7.11 Å². The zero-order chi connectivity index (χ0) is 11.0. The number of hydrogen-bond donors (Lipinski definition) is 0. The fraction of sp³-hybridized carbons (Fsp3) is 0.308. The number of hydrogen-bond acceptors (Lipinski definition) is 2. The summed E-state index contributed by atoms with van der Waals surface area (Å²) in [6.45, 7) is 0. The molecule has 0 radical (unpaired) electrons. The molecule has 1 heterocycles. The predicted octanol–water partition coefficient (Wildman–Crippen LogP) is 2.76. The molecule has 2 aromatic rings. The molecule has 0 spiro atoms. The van der Waals surface area contributed by atoms with Crippen molar-refractivity contribution < 1.29 is 4.74 Å². The van der Waals surface area contributed by atoms with Gasteiger partial charge in [0, 0.05) is 12.1 Å². The van der Waals surface area contributed by atoms with Crippen LogP contribution >= 0.6 is 0 Å². The van der Waals surface area contributed by atoms with Crippen LogP contribution < -0.4 is 4.74 Å². The first kappa shape index (κ1) is 9.46. The maximum Gasteiger partial charge on any atom is 0.119 e. The first-order chi connectivity index (χ1) is 7.86. The third-order valence-electron chi connectivity index (χ3n) is 2.94. The van der Waals surface area contributed by atoms with Gasteiger partial charge in [-0.05, 0) is 43.2 Å². The van der Waals surface area contributed by atoms with Crippen molar-refractivity contribution in [1.82, 2.24) is 9.78 Å². The highest BCUT2D eigenvalue weighted by molar-refractivity contribution is 5.37. The minimum atomic E-state index is 0.708. The van der Waals surface area contributed by atoms with Crippen LogP contribution in [-0.4, -0.2) is 16.9 Å². The van der Waals surface area contributed by atoms with Gasteiger partial charge in [0.25, 0.3) is 0 Å². The standard InChI is InChI=1S/C13H14N2O/c1-16-12-6-4-11(5-7-12)15-9-8-13(14-15)10-2-3-10/h4-10H,2-3H2,1H3. The molecule has 1 aromatic carbocycles. The van der Waals surface area contributed by atoms with E-state index in [2.05, 4.69) is 11.2 Å². The van der Waals surface area contributed by atoms with Crippen molar-refractivity contribution in [2.45, 2.75) is 18.8 Å². The monoisotopic (exact) mass is 214 g/mol. The molecule has 0 bridgehead atoms. The first-order valence-electron chi connectivity index (χ1n) is 5.57. The molecular weight excluding hydrogens is 200 g/mol. The summed E-state index contributed by atoms with van der Waals surface area (Å²) in [6, 6.07) is 10.1. The second-order valence-electron chi connectivity index (χ2n) is 4.16. The van der Waals surface area contributed by atoms with Crippen molar-refractivity contribution >= 4 is 0 Å². The summed E-state index contributed by atoms with van der Waals surface area (Å²) in [4.78, 5) is 0. The molecule has 3 rings (SSSR count). The highest BCUT2D eigenvalue weighted by Crippen LogP contribution is 2.39. The van der Waals surface area contributed by atoms with Gasteiger partial charge in [-0.2, -0.15) is 5.10 Å². The summed E-state index contributed by atoms with van der Waals surface area (Å²) in [5.41, 5.74) is 2.29. The fourth-order valence-electron chi connectivity index (χ4n) is 1.81. The number of aromatic nitrogens is 2. The maximum absolute atomic E-state index is 5.13. The van der Waals surface area contributed by atoms with Crippen molar-refractivity contribution in [2.75, 3.05) is 7.11 Å². The van der Waals surface area contributed by atoms with Gasteiger partial charge >= 0.3 is 0 Å². The Balaban J connectivity index is 1.88. The summed E-state index contributed by atoms with van der Waals surface area (Å²) >= 11 is 0. The van der Waals surface area contributed by atoms with Crippen LogP contribution in [0.1, 0.15) is 24.5 Å².